The Morgan fingerprint density at radius 3 is 2.62 bits per heavy atom. The summed E-state index contributed by atoms with van der Waals surface area (Å²) in [5.41, 5.74) is 0.511. The van der Waals surface area contributed by atoms with Gasteiger partial charge in [0.05, 0.1) is 6.61 Å². The first-order chi connectivity index (χ1) is 11.4. The average molecular weight is 334 g/mol. The number of allylic oxidation sites excluding steroid dienone is 1. The van der Waals surface area contributed by atoms with Crippen LogP contribution in [-0.4, -0.2) is 49.6 Å². The lowest BCUT2D eigenvalue weighted by Gasteiger charge is -2.35. The third-order valence-electron chi connectivity index (χ3n) is 4.43. The molecule has 1 heterocycles. The smallest absolute Gasteiger partial charge is 0.248 e. The van der Waals surface area contributed by atoms with E-state index in [9.17, 15) is 14.0 Å². The molecule has 1 aromatic carbocycles. The summed E-state index contributed by atoms with van der Waals surface area (Å²) < 4.78 is 18.2. The quantitative estimate of drug-likeness (QED) is 0.838. The number of methoxy groups -OCH3 is 1. The molecular formula is C18H23FN2O3. The Kier molecular flexibility index (Phi) is 5.72. The van der Waals surface area contributed by atoms with Gasteiger partial charge in [-0.3, -0.25) is 9.59 Å². The van der Waals surface area contributed by atoms with Crippen molar-refractivity contribution in [2.75, 3.05) is 27.3 Å². The maximum atomic E-state index is 13.0. The van der Waals surface area contributed by atoms with Crippen LogP contribution in [0.1, 0.15) is 25.3 Å². The van der Waals surface area contributed by atoms with E-state index in [1.54, 1.807) is 31.0 Å². The largest absolute Gasteiger partial charge is 0.382 e. The molecule has 1 atom stereocenters. The second kappa shape index (κ2) is 7.57. The van der Waals surface area contributed by atoms with E-state index < -0.39 is 5.54 Å². The Morgan fingerprint density at radius 2 is 2.04 bits per heavy atom. The van der Waals surface area contributed by atoms with Crippen LogP contribution in [0.5, 0.6) is 0 Å². The van der Waals surface area contributed by atoms with Crippen LogP contribution in [0.25, 0.3) is 5.57 Å². The maximum Gasteiger partial charge on any atom is 0.248 e. The lowest BCUT2D eigenvalue weighted by Crippen LogP contribution is -2.59. The monoisotopic (exact) mass is 334 g/mol. The molecule has 0 aliphatic carbocycles. The molecule has 24 heavy (non-hydrogen) atoms. The Hall–Kier alpha value is -2.21. The minimum absolute atomic E-state index is 0.155. The van der Waals surface area contributed by atoms with Crippen LogP contribution >= 0.6 is 0 Å². The van der Waals surface area contributed by atoms with Crippen molar-refractivity contribution in [3.63, 3.8) is 0 Å². The number of carbonyl (C=O) groups is 2. The molecule has 1 fully saturated rings. The Bertz CT molecular complexity index is 642. The molecule has 6 heteroatoms. The summed E-state index contributed by atoms with van der Waals surface area (Å²) >= 11 is 0. The molecule has 1 aliphatic rings. The van der Waals surface area contributed by atoms with E-state index >= 15 is 0 Å². The number of nitrogens with one attached hydrogen (secondary N) is 1. The Balaban J connectivity index is 2.27. The highest BCUT2D eigenvalue weighted by Crippen LogP contribution is 2.31. The van der Waals surface area contributed by atoms with Crippen LogP contribution in [0.3, 0.4) is 0 Å². The zero-order valence-corrected chi connectivity index (χ0v) is 14.3. The molecule has 1 aliphatic heterocycles. The molecule has 1 N–H and O–H groups in total. The lowest BCUT2D eigenvalue weighted by atomic mass is 9.95. The number of carbonyl (C=O) groups excluding carboxylic acids is 2. The predicted molar refractivity (Wildman–Crippen MR) is 89.7 cm³/mol. The average Bonchev–Trinajstić information content (AvgIpc) is 3.00. The van der Waals surface area contributed by atoms with Gasteiger partial charge in [0, 0.05) is 26.8 Å². The summed E-state index contributed by atoms with van der Waals surface area (Å²) in [4.78, 5) is 26.7. The highest BCUT2D eigenvalue weighted by Gasteiger charge is 2.48. The van der Waals surface area contributed by atoms with Crippen molar-refractivity contribution in [1.29, 1.82) is 0 Å². The highest BCUT2D eigenvalue weighted by molar-refractivity contribution is 5.99. The number of nitrogens with zero attached hydrogens (tertiary/aromatic N) is 1. The van der Waals surface area contributed by atoms with Gasteiger partial charge in [0.15, 0.2) is 0 Å². The topological polar surface area (TPSA) is 58.6 Å². The zero-order valence-electron chi connectivity index (χ0n) is 14.3. The highest BCUT2D eigenvalue weighted by atomic mass is 19.1. The zero-order chi connectivity index (χ0) is 17.7. The molecule has 1 aromatic rings. The van der Waals surface area contributed by atoms with E-state index in [-0.39, 0.29) is 24.2 Å². The van der Waals surface area contributed by atoms with Crippen LogP contribution in [0.15, 0.2) is 30.3 Å². The lowest BCUT2D eigenvalue weighted by molar-refractivity contribution is -0.145. The number of likely N-dealkylation sites (tertiary alicyclic amines) is 1. The fourth-order valence-electron chi connectivity index (χ4n) is 3.18. The molecule has 1 saturated heterocycles. The van der Waals surface area contributed by atoms with Gasteiger partial charge >= 0.3 is 0 Å². The second-order valence-electron chi connectivity index (χ2n) is 5.97. The summed E-state index contributed by atoms with van der Waals surface area (Å²) in [7, 11) is 3.07. The summed E-state index contributed by atoms with van der Waals surface area (Å²) in [5.74, 6) is -0.783. The molecule has 0 radical (unpaired) electrons. The predicted octanol–water partition coefficient (Wildman–Crippen LogP) is 1.98. The molecular weight excluding hydrogens is 311 g/mol. The van der Waals surface area contributed by atoms with Gasteiger partial charge in [-0.2, -0.15) is 0 Å². The molecule has 0 saturated carbocycles. The van der Waals surface area contributed by atoms with E-state index in [2.05, 4.69) is 5.32 Å². The summed E-state index contributed by atoms with van der Waals surface area (Å²) in [5, 5.41) is 2.63. The van der Waals surface area contributed by atoms with Crippen molar-refractivity contribution in [2.45, 2.75) is 25.3 Å². The van der Waals surface area contributed by atoms with Gasteiger partial charge in [0.1, 0.15) is 11.4 Å². The molecule has 130 valence electrons. The van der Waals surface area contributed by atoms with Gasteiger partial charge < -0.3 is 15.0 Å². The fourth-order valence-corrected chi connectivity index (χ4v) is 3.18. The van der Waals surface area contributed by atoms with E-state index in [0.29, 0.717) is 13.0 Å². The molecule has 1 unspecified atom stereocenters. The SMILES string of the molecule is CNC(=O)C1(COC)CCCN1C(=O)/C=C(\C)c1ccc(F)cc1. The number of benzene rings is 1. The normalized spacial score (nSPS) is 21.0. The van der Waals surface area contributed by atoms with Gasteiger partial charge in [-0.1, -0.05) is 12.1 Å². The Labute approximate surface area is 141 Å². The van der Waals surface area contributed by atoms with Gasteiger partial charge in [0.2, 0.25) is 11.8 Å². The van der Waals surface area contributed by atoms with Crippen LogP contribution in [0, 0.1) is 5.82 Å². The minimum Gasteiger partial charge on any atom is -0.382 e. The first-order valence-corrected chi connectivity index (χ1v) is 7.91. The first kappa shape index (κ1) is 18.1. The summed E-state index contributed by atoms with van der Waals surface area (Å²) in [6.07, 6.45) is 2.80. The van der Waals surface area contributed by atoms with Crippen LogP contribution in [0.2, 0.25) is 0 Å². The standard InChI is InChI=1S/C18H23FN2O3/c1-13(14-5-7-15(19)8-6-14)11-16(22)21-10-4-9-18(21,12-24-3)17(23)20-2/h5-8,11H,4,9-10,12H2,1-3H3,(H,20,23)/b13-11+. The maximum absolute atomic E-state index is 13.0. The van der Waals surface area contributed by atoms with Crippen molar-refractivity contribution >= 4 is 17.4 Å². The van der Waals surface area contributed by atoms with E-state index in [1.807, 2.05) is 0 Å². The molecule has 5 nitrogen and oxygen atoms in total. The number of halogens is 1. The van der Waals surface area contributed by atoms with Crippen molar-refractivity contribution in [1.82, 2.24) is 10.2 Å². The van der Waals surface area contributed by atoms with Crippen LogP contribution < -0.4 is 5.32 Å². The van der Waals surface area contributed by atoms with Crippen molar-refractivity contribution in [3.8, 4) is 0 Å². The third kappa shape index (κ3) is 3.48. The van der Waals surface area contributed by atoms with E-state index in [1.165, 1.54) is 25.3 Å². The minimum atomic E-state index is -0.972. The number of hydrogen-bond acceptors (Lipinski definition) is 3. The first-order valence-electron chi connectivity index (χ1n) is 7.91. The third-order valence-corrected chi connectivity index (χ3v) is 4.43. The van der Waals surface area contributed by atoms with Crippen LogP contribution in [0.4, 0.5) is 4.39 Å². The number of amides is 2. The number of hydrogen-bond donors (Lipinski definition) is 1. The van der Waals surface area contributed by atoms with Gasteiger partial charge in [-0.05, 0) is 43.0 Å². The number of likely N-dealkylation sites (N-methyl/N-ethyl adjacent to an activating group) is 1. The molecule has 0 spiro atoms. The number of rotatable bonds is 5. The second-order valence-corrected chi connectivity index (χ2v) is 5.97. The summed E-state index contributed by atoms with van der Waals surface area (Å²) in [6.45, 7) is 2.45. The fraction of sp³-hybridized carbons (Fsp3) is 0.444. The number of ether oxygens (including phenoxy) is 1. The van der Waals surface area contributed by atoms with Gasteiger partial charge in [0.25, 0.3) is 0 Å². The van der Waals surface area contributed by atoms with Crippen molar-refractivity contribution in [3.05, 3.63) is 41.7 Å². The molecule has 0 aromatic heterocycles. The summed E-state index contributed by atoms with van der Waals surface area (Å²) in [6, 6.07) is 5.96. The molecule has 2 amide bonds. The van der Waals surface area contributed by atoms with Gasteiger partial charge in [-0.15, -0.1) is 0 Å². The van der Waals surface area contributed by atoms with Crippen molar-refractivity contribution in [2.24, 2.45) is 0 Å². The molecule has 0 bridgehead atoms. The van der Waals surface area contributed by atoms with Gasteiger partial charge in [-0.25, -0.2) is 4.39 Å². The van der Waals surface area contributed by atoms with Crippen LogP contribution in [-0.2, 0) is 14.3 Å². The van der Waals surface area contributed by atoms with E-state index in [4.69, 9.17) is 4.74 Å². The van der Waals surface area contributed by atoms with E-state index in [0.717, 1.165) is 17.6 Å². The molecule has 2 rings (SSSR count). The Morgan fingerprint density at radius 1 is 1.38 bits per heavy atom. The van der Waals surface area contributed by atoms with Crippen molar-refractivity contribution < 1.29 is 18.7 Å².